The van der Waals surface area contributed by atoms with E-state index in [-0.39, 0.29) is 13.3 Å². The first kappa shape index (κ1) is 35.6. The SMILES string of the molecule is C.CC[C@@H]1CC(=NOCC2CC2)C[C@@H]1c1nnc2cnc3[nH]ccc3n12.CC[C@@H]1CC(=O)C[C@@H]1c1nnc2cnc3[nH]ccc3n12.NOCC1CC1. The van der Waals surface area contributed by atoms with E-state index in [1.807, 2.05) is 28.9 Å². The van der Waals surface area contributed by atoms with Crippen LogP contribution in [0.2, 0.25) is 0 Å². The monoisotopic (exact) mass is 710 g/mol. The minimum absolute atomic E-state index is 0. The molecule has 10 rings (SSSR count). The van der Waals surface area contributed by atoms with E-state index in [0.717, 1.165) is 102 Å². The van der Waals surface area contributed by atoms with Gasteiger partial charge < -0.3 is 19.6 Å². The number of ketones is 1. The molecule has 6 heterocycles. The van der Waals surface area contributed by atoms with Gasteiger partial charge in [-0.3, -0.25) is 13.6 Å². The van der Waals surface area contributed by atoms with Crippen LogP contribution in [0.5, 0.6) is 0 Å². The highest BCUT2D eigenvalue weighted by atomic mass is 16.6. The summed E-state index contributed by atoms with van der Waals surface area (Å²) >= 11 is 0. The lowest BCUT2D eigenvalue weighted by Gasteiger charge is -2.15. The Labute approximate surface area is 302 Å². The molecule has 0 radical (unpaired) electrons. The fraction of sp³-hybridized carbons (Fsp3) is 0.568. The van der Waals surface area contributed by atoms with E-state index in [4.69, 9.17) is 10.7 Å². The molecule has 15 nitrogen and oxygen atoms in total. The second kappa shape index (κ2) is 15.5. The molecule has 15 heteroatoms. The average molecular weight is 711 g/mol. The van der Waals surface area contributed by atoms with Crippen molar-refractivity contribution in [1.82, 2.24) is 49.1 Å². The third-order valence-corrected chi connectivity index (χ3v) is 10.9. The van der Waals surface area contributed by atoms with E-state index in [9.17, 15) is 4.79 Å². The summed E-state index contributed by atoms with van der Waals surface area (Å²) in [4.78, 5) is 36.7. The summed E-state index contributed by atoms with van der Waals surface area (Å²) in [6, 6.07) is 4.01. The second-order valence-corrected chi connectivity index (χ2v) is 14.5. The molecule has 0 aromatic carbocycles. The number of Topliss-reactive ketones (excluding diaryl/α,β-unsaturated/α-hetero) is 1. The van der Waals surface area contributed by atoms with E-state index in [1.165, 1.54) is 25.7 Å². The topological polar surface area (TPSA) is 192 Å². The molecule has 4 atom stereocenters. The second-order valence-electron chi connectivity index (χ2n) is 14.5. The van der Waals surface area contributed by atoms with Crippen molar-refractivity contribution < 1.29 is 14.5 Å². The molecule has 4 aliphatic carbocycles. The molecule has 276 valence electrons. The number of H-pyrrole nitrogens is 2. The molecule has 0 amide bonds. The van der Waals surface area contributed by atoms with Gasteiger partial charge in [0.15, 0.2) is 22.6 Å². The highest BCUT2D eigenvalue weighted by Gasteiger charge is 2.37. The van der Waals surface area contributed by atoms with Crippen LogP contribution >= 0.6 is 0 Å². The van der Waals surface area contributed by atoms with Gasteiger partial charge in [-0.25, -0.2) is 15.9 Å². The minimum atomic E-state index is 0. The van der Waals surface area contributed by atoms with Crippen molar-refractivity contribution in [1.29, 1.82) is 0 Å². The highest BCUT2D eigenvalue weighted by Crippen LogP contribution is 2.41. The number of nitrogens with two attached hydrogens (primary N) is 1. The largest absolute Gasteiger partial charge is 0.396 e. The van der Waals surface area contributed by atoms with E-state index < -0.39 is 0 Å². The van der Waals surface area contributed by atoms with Crippen molar-refractivity contribution in [3.8, 4) is 0 Å². The average Bonchev–Trinajstić information content (AvgIpc) is 3.65. The molecule has 4 fully saturated rings. The lowest BCUT2D eigenvalue weighted by Crippen LogP contribution is -2.09. The van der Waals surface area contributed by atoms with Gasteiger partial charge in [-0.05, 0) is 74.3 Å². The van der Waals surface area contributed by atoms with Gasteiger partial charge in [0, 0.05) is 37.1 Å². The van der Waals surface area contributed by atoms with Crippen LogP contribution in [0, 0.1) is 23.7 Å². The van der Waals surface area contributed by atoms with Crippen LogP contribution in [0.4, 0.5) is 0 Å². The Hall–Kier alpha value is -4.76. The van der Waals surface area contributed by atoms with Crippen molar-refractivity contribution in [2.45, 2.75) is 97.3 Å². The summed E-state index contributed by atoms with van der Waals surface area (Å²) in [6.07, 6.45) is 17.7. The number of rotatable bonds is 9. The third-order valence-electron chi connectivity index (χ3n) is 10.9. The van der Waals surface area contributed by atoms with Crippen molar-refractivity contribution in [3.05, 3.63) is 48.6 Å². The van der Waals surface area contributed by atoms with Gasteiger partial charge in [0.05, 0.1) is 35.7 Å². The summed E-state index contributed by atoms with van der Waals surface area (Å²) in [5.41, 5.74) is 6.37. The molecule has 0 unspecified atom stereocenters. The fourth-order valence-electron chi connectivity index (χ4n) is 7.63. The number of carbonyl (C=O) groups is 1. The molecule has 4 saturated carbocycles. The van der Waals surface area contributed by atoms with Crippen LogP contribution in [0.25, 0.3) is 33.6 Å². The van der Waals surface area contributed by atoms with Crippen molar-refractivity contribution in [2.75, 3.05) is 13.2 Å². The summed E-state index contributed by atoms with van der Waals surface area (Å²) in [5.74, 6) is 9.94. The van der Waals surface area contributed by atoms with Crippen LogP contribution < -0.4 is 5.90 Å². The Kier molecular flexibility index (Phi) is 10.6. The Bertz CT molecular complexity index is 2160. The number of hydrogen-bond acceptors (Lipinski definition) is 11. The summed E-state index contributed by atoms with van der Waals surface area (Å²) < 4.78 is 4.17. The van der Waals surface area contributed by atoms with Gasteiger partial charge in [-0.1, -0.05) is 39.3 Å². The first-order valence-electron chi connectivity index (χ1n) is 18.4. The molecule has 52 heavy (non-hydrogen) atoms. The van der Waals surface area contributed by atoms with E-state index in [1.54, 1.807) is 12.4 Å². The lowest BCUT2D eigenvalue weighted by atomic mass is 9.93. The number of nitrogens with zero attached hydrogens (tertiary/aromatic N) is 9. The number of aromatic nitrogens is 10. The predicted octanol–water partition coefficient (Wildman–Crippen LogP) is 6.29. The van der Waals surface area contributed by atoms with Gasteiger partial charge in [-0.2, -0.15) is 0 Å². The summed E-state index contributed by atoms with van der Waals surface area (Å²) in [5, 5.41) is 21.9. The molecule has 4 N–H and O–H groups in total. The van der Waals surface area contributed by atoms with E-state index in [2.05, 4.69) is 68.6 Å². The van der Waals surface area contributed by atoms with E-state index in [0.29, 0.717) is 36.4 Å². The molecular weight excluding hydrogens is 660 g/mol. The van der Waals surface area contributed by atoms with Crippen LogP contribution in [0.3, 0.4) is 0 Å². The first-order valence-corrected chi connectivity index (χ1v) is 18.4. The zero-order valence-corrected chi connectivity index (χ0v) is 29.2. The molecular formula is C37H50N12O3. The van der Waals surface area contributed by atoms with Crippen molar-refractivity contribution >= 4 is 45.1 Å². The smallest absolute Gasteiger partial charge is 0.179 e. The Morgan fingerprint density at radius 1 is 0.769 bits per heavy atom. The quantitative estimate of drug-likeness (QED) is 0.144. The number of nitrogens with one attached hydrogen (secondary N) is 2. The minimum Gasteiger partial charge on any atom is -0.396 e. The number of oxime groups is 1. The van der Waals surface area contributed by atoms with Crippen molar-refractivity contribution in [2.24, 2.45) is 34.7 Å². The maximum absolute atomic E-state index is 11.8. The maximum Gasteiger partial charge on any atom is 0.179 e. The number of hydrogen-bond donors (Lipinski definition) is 3. The third kappa shape index (κ3) is 7.29. The predicted molar refractivity (Wildman–Crippen MR) is 198 cm³/mol. The van der Waals surface area contributed by atoms with Crippen LogP contribution in [-0.2, 0) is 14.5 Å². The molecule has 0 spiro atoms. The summed E-state index contributed by atoms with van der Waals surface area (Å²) in [6.45, 7) is 5.91. The normalized spacial score (nSPS) is 23.6. The Morgan fingerprint density at radius 3 is 1.83 bits per heavy atom. The maximum atomic E-state index is 11.8. The van der Waals surface area contributed by atoms with Gasteiger partial charge >= 0.3 is 0 Å². The Balaban J connectivity index is 0.000000139. The lowest BCUT2D eigenvalue weighted by molar-refractivity contribution is -0.117. The molecule has 6 aromatic heterocycles. The number of aromatic amines is 2. The standard InChI is InChI=1S/C18H22N6O.C14H15N5O.C4H9NO.CH4/c1-2-12-7-13(23-25-10-11-3-4-11)8-14(12)18-22-21-16-9-20-17-15(24(16)18)5-6-19-17;1-2-8-5-9(20)6-10(8)14-18-17-12-7-16-13-11(19(12)14)3-4-15-13;5-6-3-4-1-2-4;/h5-6,9,11-12,14,19H,2-4,7-8,10H2,1H3;3-4,7-8,10,15H,2,5-6H2,1H3;4H,1-3,5H2;1H4/t12-,14+;8-,10+;;/m11../s1. The molecule has 4 aliphatic rings. The molecule has 0 aliphatic heterocycles. The van der Waals surface area contributed by atoms with Crippen molar-refractivity contribution in [3.63, 3.8) is 0 Å². The molecule has 0 saturated heterocycles. The summed E-state index contributed by atoms with van der Waals surface area (Å²) in [7, 11) is 0. The van der Waals surface area contributed by atoms with E-state index >= 15 is 0 Å². The number of fused-ring (bicyclic) bond motifs is 6. The zero-order valence-electron chi connectivity index (χ0n) is 29.2. The van der Waals surface area contributed by atoms with Crippen LogP contribution in [0.1, 0.15) is 109 Å². The highest BCUT2D eigenvalue weighted by molar-refractivity contribution is 5.87. The zero-order chi connectivity index (χ0) is 34.9. The van der Waals surface area contributed by atoms with Gasteiger partial charge in [0.1, 0.15) is 24.0 Å². The Morgan fingerprint density at radius 2 is 1.31 bits per heavy atom. The first-order chi connectivity index (χ1) is 25.0. The van der Waals surface area contributed by atoms with Gasteiger partial charge in [0.25, 0.3) is 0 Å². The van der Waals surface area contributed by atoms with Crippen LogP contribution in [-0.4, -0.2) is 73.8 Å². The number of carbonyl (C=O) groups excluding carboxylic acids is 1. The van der Waals surface area contributed by atoms with Gasteiger partial charge in [0.2, 0.25) is 0 Å². The van der Waals surface area contributed by atoms with Gasteiger partial charge in [-0.15, -0.1) is 20.4 Å². The fourth-order valence-corrected chi connectivity index (χ4v) is 7.63. The van der Waals surface area contributed by atoms with Crippen LogP contribution in [0.15, 0.2) is 42.1 Å². The molecule has 0 bridgehead atoms. The molecule has 6 aromatic rings.